The summed E-state index contributed by atoms with van der Waals surface area (Å²) >= 11 is 0. The van der Waals surface area contributed by atoms with E-state index in [1.807, 2.05) is 41.0 Å². The number of carbonyl (C=O) groups excluding carboxylic acids is 3. The predicted molar refractivity (Wildman–Crippen MR) is 142 cm³/mol. The second-order valence-corrected chi connectivity index (χ2v) is 11.1. The highest BCUT2D eigenvalue weighted by Gasteiger charge is 2.57. The second kappa shape index (κ2) is 9.81. The van der Waals surface area contributed by atoms with E-state index >= 15 is 0 Å². The predicted octanol–water partition coefficient (Wildman–Crippen LogP) is 1.06. The third-order valence-electron chi connectivity index (χ3n) is 8.41. The number of likely N-dealkylation sites (tertiary alicyclic amines) is 1. The Morgan fingerprint density at radius 1 is 0.897 bits per heavy atom. The highest BCUT2D eigenvalue weighted by molar-refractivity contribution is 6.19. The van der Waals surface area contributed by atoms with Crippen molar-refractivity contribution in [1.82, 2.24) is 14.8 Å². The van der Waals surface area contributed by atoms with Gasteiger partial charge in [-0.1, -0.05) is 48.5 Å². The Kier molecular flexibility index (Phi) is 6.31. The number of urea groups is 1. The molecule has 3 aliphatic rings. The number of hydrogen-bond acceptors (Lipinski definition) is 5. The fraction of sp³-hybridized carbons (Fsp3) is 0.333. The van der Waals surface area contributed by atoms with E-state index < -0.39 is 23.3 Å². The zero-order valence-electron chi connectivity index (χ0n) is 21.5. The maximum absolute atomic E-state index is 14.2. The van der Waals surface area contributed by atoms with Crippen LogP contribution in [0.1, 0.15) is 29.2 Å². The van der Waals surface area contributed by atoms with Crippen molar-refractivity contribution in [3.05, 3.63) is 100.0 Å². The quantitative estimate of drug-likeness (QED) is 0.415. The average molecular weight is 528 g/mol. The highest BCUT2D eigenvalue weighted by Crippen LogP contribution is 2.33. The Labute approximate surface area is 225 Å². The molecule has 2 bridgehead atoms. The van der Waals surface area contributed by atoms with Gasteiger partial charge in [-0.05, 0) is 35.7 Å². The number of aromatic nitrogens is 1. The topological polar surface area (TPSA) is 113 Å². The van der Waals surface area contributed by atoms with Gasteiger partial charge in [-0.3, -0.25) is 24.6 Å². The fourth-order valence-corrected chi connectivity index (χ4v) is 6.67. The van der Waals surface area contributed by atoms with Crippen molar-refractivity contribution in [2.45, 2.75) is 31.8 Å². The maximum atomic E-state index is 14.2. The van der Waals surface area contributed by atoms with Gasteiger partial charge < -0.3 is 14.6 Å². The molecule has 2 fully saturated rings. The first-order chi connectivity index (χ1) is 18.8. The van der Waals surface area contributed by atoms with Crippen molar-refractivity contribution in [2.24, 2.45) is 11.3 Å². The van der Waals surface area contributed by atoms with Crippen LogP contribution < -0.4 is 15.8 Å². The minimum Gasteiger partial charge on any atom is -0.508 e. The van der Waals surface area contributed by atoms with Crippen molar-refractivity contribution >= 4 is 17.8 Å². The SMILES string of the molecule is O=C1NC(=O)[C@@](Cc2ccc(O)cc2)(C[NH+]2C[C@H]3C[C@@H](C2)c2cccc(=O)n2C3)C(=O)N1Cc1ccccc1. The van der Waals surface area contributed by atoms with Gasteiger partial charge in [0.25, 0.3) is 11.5 Å². The molecule has 39 heavy (non-hydrogen) atoms. The molecule has 200 valence electrons. The number of imide groups is 2. The summed E-state index contributed by atoms with van der Waals surface area (Å²) < 4.78 is 1.86. The summed E-state index contributed by atoms with van der Waals surface area (Å²) in [7, 11) is 0. The van der Waals surface area contributed by atoms with E-state index in [1.54, 1.807) is 24.3 Å². The molecular weight excluding hydrogens is 496 g/mol. The molecule has 2 saturated heterocycles. The van der Waals surface area contributed by atoms with Crippen molar-refractivity contribution in [1.29, 1.82) is 0 Å². The Morgan fingerprint density at radius 3 is 2.44 bits per heavy atom. The molecule has 3 aromatic rings. The van der Waals surface area contributed by atoms with Crippen LogP contribution in [-0.4, -0.2) is 52.1 Å². The second-order valence-electron chi connectivity index (χ2n) is 11.1. The van der Waals surface area contributed by atoms with Gasteiger partial charge in [-0.15, -0.1) is 0 Å². The first kappa shape index (κ1) is 25.1. The van der Waals surface area contributed by atoms with Crippen LogP contribution in [0, 0.1) is 11.3 Å². The number of hydrogen-bond donors (Lipinski definition) is 3. The van der Waals surface area contributed by atoms with Crippen LogP contribution in [0.4, 0.5) is 4.79 Å². The summed E-state index contributed by atoms with van der Waals surface area (Å²) in [5.41, 5.74) is 1.02. The largest absolute Gasteiger partial charge is 0.508 e. The highest BCUT2D eigenvalue weighted by atomic mass is 16.3. The van der Waals surface area contributed by atoms with Crippen molar-refractivity contribution in [2.75, 3.05) is 19.6 Å². The van der Waals surface area contributed by atoms with E-state index in [9.17, 15) is 24.3 Å². The van der Waals surface area contributed by atoms with Crippen LogP contribution in [0.15, 0.2) is 77.6 Å². The third-order valence-corrected chi connectivity index (χ3v) is 8.41. The van der Waals surface area contributed by atoms with Gasteiger partial charge in [-0.2, -0.15) is 0 Å². The number of pyridine rings is 1. The normalized spacial score (nSPS) is 26.2. The molecule has 4 amide bonds. The molecule has 0 aliphatic carbocycles. The Bertz CT molecular complexity index is 1490. The Balaban J connectivity index is 1.35. The van der Waals surface area contributed by atoms with E-state index in [2.05, 4.69) is 5.32 Å². The van der Waals surface area contributed by atoms with Crippen molar-refractivity contribution in [3.63, 3.8) is 0 Å². The minimum absolute atomic E-state index is 0.00588. The number of amides is 4. The third kappa shape index (κ3) is 4.63. The molecule has 1 aromatic heterocycles. The summed E-state index contributed by atoms with van der Waals surface area (Å²) in [5.74, 6) is -0.601. The smallest absolute Gasteiger partial charge is 0.331 e. The van der Waals surface area contributed by atoms with E-state index in [0.29, 0.717) is 13.1 Å². The number of piperidine rings is 1. The van der Waals surface area contributed by atoms with Crippen molar-refractivity contribution < 1.29 is 24.4 Å². The number of rotatable bonds is 6. The summed E-state index contributed by atoms with van der Waals surface area (Å²) in [6.45, 7) is 2.32. The molecule has 0 saturated carbocycles. The summed E-state index contributed by atoms with van der Waals surface area (Å²) in [5, 5.41) is 12.3. The zero-order valence-corrected chi connectivity index (χ0v) is 21.5. The lowest BCUT2D eigenvalue weighted by Gasteiger charge is -2.45. The minimum atomic E-state index is -1.50. The van der Waals surface area contributed by atoms with E-state index in [-0.39, 0.29) is 42.7 Å². The Morgan fingerprint density at radius 2 is 1.67 bits per heavy atom. The lowest BCUT2D eigenvalue weighted by atomic mass is 9.75. The number of carbonyl (C=O) groups is 3. The summed E-state index contributed by atoms with van der Waals surface area (Å²) in [6.07, 6.45) is 1.07. The molecule has 3 N–H and O–H groups in total. The molecule has 6 rings (SSSR count). The fourth-order valence-electron chi connectivity index (χ4n) is 6.67. The summed E-state index contributed by atoms with van der Waals surface area (Å²) in [6, 6.07) is 20.4. The lowest BCUT2D eigenvalue weighted by Crippen LogP contribution is -3.16. The van der Waals surface area contributed by atoms with E-state index in [1.165, 1.54) is 12.1 Å². The number of nitrogens with one attached hydrogen (secondary N) is 2. The first-order valence-corrected chi connectivity index (χ1v) is 13.3. The number of phenols is 1. The number of nitrogens with zero attached hydrogens (tertiary/aromatic N) is 2. The molecule has 4 atom stereocenters. The van der Waals surface area contributed by atoms with Crippen LogP contribution in [0.2, 0.25) is 0 Å². The number of barbiturate groups is 1. The number of quaternary nitrogens is 1. The monoisotopic (exact) mass is 527 g/mol. The molecular formula is C30H31N4O5+. The van der Waals surface area contributed by atoms with E-state index in [0.717, 1.165) is 39.6 Å². The van der Waals surface area contributed by atoms with Gasteiger partial charge in [-0.25, -0.2) is 4.79 Å². The van der Waals surface area contributed by atoms with E-state index in [4.69, 9.17) is 0 Å². The molecule has 9 nitrogen and oxygen atoms in total. The molecule has 4 heterocycles. The van der Waals surface area contributed by atoms with Crippen LogP contribution in [0.5, 0.6) is 5.75 Å². The molecule has 2 aromatic carbocycles. The lowest BCUT2D eigenvalue weighted by molar-refractivity contribution is -0.915. The van der Waals surface area contributed by atoms with Crippen LogP contribution in [0.25, 0.3) is 0 Å². The standard InChI is InChI=1S/C30H30N4O5/c35-24-11-9-20(10-12-24)14-30(27(37)31-29(39)34(28(30)38)16-21-5-2-1-3-6-21)19-32-15-22-13-23(18-32)25-7-4-8-26(36)33(25)17-22/h1-12,22-23,35H,13-19H2,(H,31,37,39)/p+1/t22-,23+,30-/m1/s1. The van der Waals surface area contributed by atoms with Gasteiger partial charge in [0.1, 0.15) is 12.3 Å². The molecule has 1 unspecified atom stereocenters. The summed E-state index contributed by atoms with van der Waals surface area (Å²) in [4.78, 5) is 55.6. The van der Waals surface area contributed by atoms with Crippen LogP contribution in [0.3, 0.4) is 0 Å². The molecule has 0 spiro atoms. The number of benzene rings is 2. The first-order valence-electron chi connectivity index (χ1n) is 13.3. The zero-order chi connectivity index (χ0) is 27.1. The van der Waals surface area contributed by atoms with Gasteiger partial charge in [0.15, 0.2) is 5.41 Å². The van der Waals surface area contributed by atoms with Gasteiger partial charge in [0.2, 0.25) is 5.91 Å². The van der Waals surface area contributed by atoms with Crippen molar-refractivity contribution in [3.8, 4) is 5.75 Å². The van der Waals surface area contributed by atoms with Crippen LogP contribution in [-0.2, 0) is 29.1 Å². The van der Waals surface area contributed by atoms with Crippen LogP contribution >= 0.6 is 0 Å². The maximum Gasteiger partial charge on any atom is 0.331 e. The molecule has 9 heteroatoms. The molecule has 0 radical (unpaired) electrons. The van der Waals surface area contributed by atoms with Gasteiger partial charge >= 0.3 is 6.03 Å². The number of aromatic hydroxyl groups is 1. The molecule has 3 aliphatic heterocycles. The van der Waals surface area contributed by atoms with Gasteiger partial charge in [0.05, 0.1) is 19.6 Å². The van der Waals surface area contributed by atoms with Gasteiger partial charge in [0, 0.05) is 36.6 Å². The number of phenolic OH excluding ortho intramolecular Hbond substituents is 1. The number of fused-ring (bicyclic) bond motifs is 4. The average Bonchev–Trinajstić information content (AvgIpc) is 2.92. The Hall–Kier alpha value is -4.24.